The van der Waals surface area contributed by atoms with Gasteiger partial charge in [0.1, 0.15) is 1.37 Å². The van der Waals surface area contributed by atoms with E-state index in [1.807, 2.05) is 0 Å². The van der Waals surface area contributed by atoms with E-state index in [9.17, 15) is 24.0 Å². The third-order valence-corrected chi connectivity index (χ3v) is 2.98. The molecule has 0 aromatic carbocycles. The number of aliphatic carboxylic acids is 3. The fourth-order valence-electron chi connectivity index (χ4n) is 1.74. The second-order valence-electron chi connectivity index (χ2n) is 4.96. The first-order chi connectivity index (χ1) is 16.4. The first-order valence-electron chi connectivity index (χ1n) is 11.5. The van der Waals surface area contributed by atoms with E-state index in [1.165, 1.54) is 0 Å². The van der Waals surface area contributed by atoms with Crippen LogP contribution in [-0.2, 0) is 35.3 Å². The minimum absolute atomic E-state index is 0.0869. The molecule has 0 saturated carbocycles. The number of aliphatic hydroxyl groups is 1. The number of rotatable bonds is 5. The summed E-state index contributed by atoms with van der Waals surface area (Å²) in [5.74, 6) is -5.02. The Kier molecular flexibility index (Phi) is 3.07. The van der Waals surface area contributed by atoms with Crippen molar-refractivity contribution in [3.63, 3.8) is 0 Å². The van der Waals surface area contributed by atoms with Gasteiger partial charge in [0.05, 0.1) is 19.1 Å². The maximum atomic E-state index is 12.4. The first kappa shape index (κ1) is 10.6. The molecule has 27 heavy (non-hydrogen) atoms. The molecule has 0 unspecified atom stereocenters. The number of imidazole rings is 1. The maximum Gasteiger partial charge on any atom is 0.336 e. The van der Waals surface area contributed by atoms with Crippen molar-refractivity contribution in [2.24, 2.45) is 20.9 Å². The average molecular weight is 396 g/mol. The van der Waals surface area contributed by atoms with Gasteiger partial charge in [0.15, 0.2) is 16.8 Å². The maximum absolute atomic E-state index is 12.4. The van der Waals surface area contributed by atoms with Gasteiger partial charge in [-0.05, 0) is 0 Å². The minimum Gasteiger partial charge on any atom is -0.481 e. The third kappa shape index (κ3) is 4.58. The van der Waals surface area contributed by atoms with Gasteiger partial charge in [-0.15, -0.1) is 0 Å². The molecule has 2 aromatic rings. The Morgan fingerprint density at radius 1 is 1.11 bits per heavy atom. The van der Waals surface area contributed by atoms with Crippen molar-refractivity contribution in [2.75, 3.05) is 0 Å². The smallest absolute Gasteiger partial charge is 0.336 e. The molecule has 2 heterocycles. The van der Waals surface area contributed by atoms with Crippen molar-refractivity contribution in [3.8, 4) is 0 Å². The lowest BCUT2D eigenvalue weighted by molar-refractivity contribution is -0.170. The highest BCUT2D eigenvalue weighted by molar-refractivity contribution is 5.88. The van der Waals surface area contributed by atoms with E-state index in [4.69, 9.17) is 34.1 Å². The minimum atomic E-state index is -3.36. The number of carboxylic acid groups (broad SMARTS) is 3. The second kappa shape index (κ2) is 7.82. The molecule has 0 aliphatic rings. The Morgan fingerprint density at radius 2 is 1.67 bits per heavy atom. The monoisotopic (exact) mass is 396 g/mol. The van der Waals surface area contributed by atoms with Crippen LogP contribution >= 0.6 is 0 Å². The van der Waals surface area contributed by atoms with Gasteiger partial charge in [0.2, 0.25) is 0 Å². The van der Waals surface area contributed by atoms with Gasteiger partial charge in [0.25, 0.3) is 5.56 Å². The molecule has 0 fully saturated rings. The number of aromatic nitrogens is 4. The van der Waals surface area contributed by atoms with Crippen molar-refractivity contribution in [2.45, 2.75) is 18.4 Å². The molecule has 0 radical (unpaired) electrons. The molecule has 2 aromatic heterocycles. The first-order valence-corrected chi connectivity index (χ1v) is 6.54. The molecule has 2 rings (SSSR count). The molecule has 0 spiro atoms. The van der Waals surface area contributed by atoms with Crippen LogP contribution in [0.1, 0.15) is 26.5 Å². The predicted octanol–water partition coefficient (Wildman–Crippen LogP) is -2.28. The summed E-state index contributed by atoms with van der Waals surface area (Å²) in [6.45, 7) is -9.73. The van der Waals surface area contributed by atoms with Crippen molar-refractivity contribution in [1.29, 1.82) is 0 Å². The lowest BCUT2D eigenvalue weighted by Gasteiger charge is -2.18. The van der Waals surface area contributed by atoms with Crippen molar-refractivity contribution in [3.05, 3.63) is 27.1 Å². The van der Waals surface area contributed by atoms with Crippen LogP contribution in [0.2, 0.25) is 0 Å². The van der Waals surface area contributed by atoms with Crippen molar-refractivity contribution in [1.82, 2.24) is 18.7 Å². The van der Waals surface area contributed by atoms with Crippen LogP contribution in [0.3, 0.4) is 0 Å². The fraction of sp³-hybridized carbons (Fsp3) is 0.429. The molecule has 0 amide bonds. The topological polar surface area (TPSA) is 194 Å². The summed E-state index contributed by atoms with van der Waals surface area (Å²) in [5, 5.41) is 33.8. The number of carbonyl (C=O) groups is 3. The normalized spacial score (nSPS) is 17.8. The van der Waals surface area contributed by atoms with Crippen LogP contribution in [0.5, 0.6) is 0 Å². The average Bonchev–Trinajstić information content (AvgIpc) is 2.95. The number of nitrogens with zero attached hydrogens (tertiary/aromatic N) is 4. The van der Waals surface area contributed by atoms with Crippen LogP contribution in [0.25, 0.3) is 11.2 Å². The second-order valence-corrected chi connectivity index (χ2v) is 4.96. The highest BCUT2D eigenvalue weighted by atomic mass is 16.4. The molecule has 13 nitrogen and oxygen atoms in total. The van der Waals surface area contributed by atoms with Crippen LogP contribution in [0, 0.1) is 0 Å². The molecular formula is C14H18N4O9. The van der Waals surface area contributed by atoms with Gasteiger partial charge < -0.3 is 25.0 Å². The number of aryl methyl sites for hydroxylation is 2. The molecule has 0 aliphatic carbocycles. The summed E-state index contributed by atoms with van der Waals surface area (Å²) in [5.41, 5.74) is -7.89. The third-order valence-electron chi connectivity index (χ3n) is 2.98. The largest absolute Gasteiger partial charge is 0.481 e. The standard InChI is InChI=1S/C8H10N4O2.C6H8O7/c1-10-4-9-6-5(10)7(13)12(3)8(14)11(6)2;7-3(8)1-6(13,5(11)12)2-4(9)10/h4H,1-3H3;13H,1-2H2,(H,7,8)(H,9,10)(H,11,12)/i1D3,2D3,3D3,4D;. The molecule has 13 heteroatoms. The Hall–Kier alpha value is -3.48. The number of hydrogen-bond donors (Lipinski definition) is 4. The molecule has 4 N–H and O–H groups in total. The van der Waals surface area contributed by atoms with Crippen LogP contribution in [-0.4, -0.2) is 62.6 Å². The molecule has 0 atom stereocenters. The molecule has 148 valence electrons. The summed E-state index contributed by atoms with van der Waals surface area (Å²) >= 11 is 0. The van der Waals surface area contributed by atoms with Gasteiger partial charge in [-0.25, -0.2) is 14.6 Å². The van der Waals surface area contributed by atoms with Crippen LogP contribution in [0.15, 0.2) is 15.9 Å². The van der Waals surface area contributed by atoms with E-state index in [0.29, 0.717) is 0 Å². The van der Waals surface area contributed by atoms with Gasteiger partial charge in [-0.2, -0.15) is 0 Å². The Balaban J connectivity index is 0.000000448. The van der Waals surface area contributed by atoms with Crippen molar-refractivity contribution < 1.29 is 48.5 Å². The SMILES string of the molecule is O=C(O)CC(O)(CC(=O)O)C(=O)O.[2H]c1nc2c(c(=O)n(C([2H])([2H])[2H])c(=O)n2C([2H])([2H])[2H])n1C([2H])([2H])[2H]. The van der Waals surface area contributed by atoms with Gasteiger partial charge >= 0.3 is 23.6 Å². The zero-order chi connectivity index (χ0) is 29.5. The fourth-order valence-corrected chi connectivity index (χ4v) is 1.74. The summed E-state index contributed by atoms with van der Waals surface area (Å²) in [6, 6.07) is 0. The summed E-state index contributed by atoms with van der Waals surface area (Å²) in [7, 11) is 0. The Bertz CT molecular complexity index is 1330. The molecular weight excluding hydrogens is 368 g/mol. The number of fused-ring (bicyclic) bond motifs is 1. The van der Waals surface area contributed by atoms with Crippen LogP contribution < -0.4 is 11.2 Å². The predicted molar refractivity (Wildman–Crippen MR) is 88.3 cm³/mol. The summed E-state index contributed by atoms with van der Waals surface area (Å²) in [4.78, 5) is 58.4. The van der Waals surface area contributed by atoms with E-state index in [1.54, 1.807) is 0 Å². The van der Waals surface area contributed by atoms with Gasteiger partial charge in [0, 0.05) is 33.3 Å². The van der Waals surface area contributed by atoms with E-state index in [0.717, 1.165) is 0 Å². The van der Waals surface area contributed by atoms with E-state index < -0.39 is 86.0 Å². The zero-order valence-electron chi connectivity index (χ0n) is 23.0. The Morgan fingerprint density at radius 3 is 2.07 bits per heavy atom. The van der Waals surface area contributed by atoms with Gasteiger partial charge in [-0.1, -0.05) is 0 Å². The van der Waals surface area contributed by atoms with Crippen molar-refractivity contribution >= 4 is 29.1 Å². The number of hydrogen-bond acceptors (Lipinski definition) is 7. The summed E-state index contributed by atoms with van der Waals surface area (Å²) in [6.07, 6.45) is -3.30. The van der Waals surface area contributed by atoms with E-state index in [2.05, 4.69) is 4.98 Å². The zero-order valence-corrected chi connectivity index (χ0v) is 13.0. The lowest BCUT2D eigenvalue weighted by atomic mass is 9.96. The highest BCUT2D eigenvalue weighted by Gasteiger charge is 2.40. The highest BCUT2D eigenvalue weighted by Crippen LogP contribution is 2.15. The quantitative estimate of drug-likeness (QED) is 0.427. The Labute approximate surface area is 164 Å². The molecule has 0 saturated heterocycles. The molecule has 0 bridgehead atoms. The number of carboxylic acids is 3. The molecule has 0 aliphatic heterocycles. The summed E-state index contributed by atoms with van der Waals surface area (Å²) < 4.78 is 73.0. The lowest BCUT2D eigenvalue weighted by Crippen LogP contribution is -2.42. The van der Waals surface area contributed by atoms with E-state index in [-0.39, 0.29) is 13.7 Å². The van der Waals surface area contributed by atoms with E-state index >= 15 is 0 Å². The van der Waals surface area contributed by atoms with Gasteiger partial charge in [-0.3, -0.25) is 23.5 Å². The van der Waals surface area contributed by atoms with Crippen LogP contribution in [0.4, 0.5) is 0 Å².